The van der Waals surface area contributed by atoms with Gasteiger partial charge < -0.3 is 4.74 Å². The third-order valence-corrected chi connectivity index (χ3v) is 7.74. The van der Waals surface area contributed by atoms with Crippen molar-refractivity contribution in [1.82, 2.24) is 0 Å². The maximum absolute atomic E-state index is 12.8. The van der Waals surface area contributed by atoms with Gasteiger partial charge in [0, 0.05) is 13.6 Å². The summed E-state index contributed by atoms with van der Waals surface area (Å²) in [6, 6.07) is 14.1. The highest BCUT2D eigenvalue weighted by Gasteiger charge is 2.27. The molecule has 0 spiro atoms. The SMILES string of the molecule is CC1=CCC(C)(C)c2cc(C(=O)/C=C/c3ccc(C(=O)OCC[Si](C)(C)C)cc3)ccc21. The van der Waals surface area contributed by atoms with E-state index in [9.17, 15) is 9.59 Å². The normalized spacial score (nSPS) is 15.2. The lowest BCUT2D eigenvalue weighted by atomic mass is 9.73. The van der Waals surface area contributed by atoms with Crippen molar-refractivity contribution in [2.24, 2.45) is 0 Å². The molecule has 0 bridgehead atoms. The Kier molecular flexibility index (Phi) is 7.04. The summed E-state index contributed by atoms with van der Waals surface area (Å²) >= 11 is 0. The van der Waals surface area contributed by atoms with E-state index in [0.29, 0.717) is 17.7 Å². The molecule has 1 aliphatic carbocycles. The Bertz CT molecular complexity index is 1070. The van der Waals surface area contributed by atoms with E-state index < -0.39 is 8.07 Å². The third-order valence-electron chi connectivity index (χ3n) is 6.04. The number of carbonyl (C=O) groups is 2. The molecule has 0 aromatic heterocycles. The fraction of sp³-hybridized carbons (Fsp3) is 0.357. The molecular weight excluding hydrogens is 412 g/mol. The van der Waals surface area contributed by atoms with Gasteiger partial charge >= 0.3 is 5.97 Å². The summed E-state index contributed by atoms with van der Waals surface area (Å²) < 4.78 is 5.39. The van der Waals surface area contributed by atoms with Crippen molar-refractivity contribution in [2.45, 2.75) is 58.3 Å². The number of rotatable bonds is 7. The number of allylic oxidation sites excluding steroid dienone is 3. The van der Waals surface area contributed by atoms with E-state index in [1.54, 1.807) is 24.3 Å². The zero-order valence-corrected chi connectivity index (χ0v) is 21.1. The fourth-order valence-corrected chi connectivity index (χ4v) is 4.48. The first kappa shape index (κ1) is 23.9. The average molecular weight is 447 g/mol. The van der Waals surface area contributed by atoms with Gasteiger partial charge in [0.25, 0.3) is 0 Å². The predicted molar refractivity (Wildman–Crippen MR) is 136 cm³/mol. The van der Waals surface area contributed by atoms with Gasteiger partial charge in [-0.1, -0.05) is 69.9 Å². The molecule has 32 heavy (non-hydrogen) atoms. The van der Waals surface area contributed by atoms with Crippen LogP contribution in [-0.2, 0) is 10.2 Å². The van der Waals surface area contributed by atoms with E-state index in [1.807, 2.05) is 24.3 Å². The summed E-state index contributed by atoms with van der Waals surface area (Å²) in [4.78, 5) is 25.0. The van der Waals surface area contributed by atoms with Crippen molar-refractivity contribution in [3.05, 3.63) is 82.4 Å². The van der Waals surface area contributed by atoms with Crippen molar-refractivity contribution in [3.8, 4) is 0 Å². The Hall–Kier alpha value is -2.72. The molecule has 0 unspecified atom stereocenters. The molecule has 0 fully saturated rings. The Morgan fingerprint density at radius 3 is 2.34 bits per heavy atom. The third kappa shape index (κ3) is 5.95. The van der Waals surface area contributed by atoms with Gasteiger partial charge in [0.05, 0.1) is 12.2 Å². The van der Waals surface area contributed by atoms with Gasteiger partial charge in [0.15, 0.2) is 5.78 Å². The largest absolute Gasteiger partial charge is 0.462 e. The summed E-state index contributed by atoms with van der Waals surface area (Å²) in [6.07, 6.45) is 6.64. The number of hydrogen-bond donors (Lipinski definition) is 0. The summed E-state index contributed by atoms with van der Waals surface area (Å²) in [7, 11) is -1.22. The minimum absolute atomic E-state index is 0.0222. The van der Waals surface area contributed by atoms with Gasteiger partial charge in [-0.25, -0.2) is 4.79 Å². The molecule has 0 heterocycles. The number of hydrogen-bond acceptors (Lipinski definition) is 3. The zero-order valence-electron chi connectivity index (χ0n) is 20.1. The molecule has 0 saturated heterocycles. The van der Waals surface area contributed by atoms with E-state index in [0.717, 1.165) is 18.0 Å². The second-order valence-electron chi connectivity index (χ2n) is 10.5. The van der Waals surface area contributed by atoms with E-state index in [2.05, 4.69) is 52.6 Å². The average Bonchev–Trinajstić information content (AvgIpc) is 2.74. The molecule has 2 aromatic rings. The molecular formula is C28H34O3Si. The lowest BCUT2D eigenvalue weighted by molar-refractivity contribution is 0.0525. The van der Waals surface area contributed by atoms with Crippen LogP contribution in [0.5, 0.6) is 0 Å². The Balaban J connectivity index is 1.66. The monoisotopic (exact) mass is 446 g/mol. The van der Waals surface area contributed by atoms with E-state index in [4.69, 9.17) is 4.74 Å². The number of benzene rings is 2. The second kappa shape index (κ2) is 9.41. The summed E-state index contributed by atoms with van der Waals surface area (Å²) in [5.74, 6) is -0.318. The quantitative estimate of drug-likeness (QED) is 0.196. The zero-order chi connectivity index (χ0) is 23.5. The van der Waals surface area contributed by atoms with Crippen LogP contribution < -0.4 is 0 Å². The van der Waals surface area contributed by atoms with Crippen LogP contribution in [-0.4, -0.2) is 26.4 Å². The van der Waals surface area contributed by atoms with Crippen LogP contribution in [0.1, 0.15) is 64.6 Å². The van der Waals surface area contributed by atoms with Crippen molar-refractivity contribution >= 4 is 31.5 Å². The van der Waals surface area contributed by atoms with Crippen LogP contribution in [0, 0.1) is 0 Å². The number of esters is 1. The minimum atomic E-state index is -1.22. The maximum atomic E-state index is 12.8. The van der Waals surface area contributed by atoms with Crippen LogP contribution >= 0.6 is 0 Å². The van der Waals surface area contributed by atoms with Gasteiger partial charge in [-0.2, -0.15) is 0 Å². The summed E-state index contributed by atoms with van der Waals surface area (Å²) in [6.45, 7) is 13.8. The molecule has 3 nitrogen and oxygen atoms in total. The van der Waals surface area contributed by atoms with Gasteiger partial charge in [-0.3, -0.25) is 4.79 Å². The molecule has 0 saturated carbocycles. The number of carbonyl (C=O) groups excluding carboxylic acids is 2. The Morgan fingerprint density at radius 2 is 1.69 bits per heavy atom. The van der Waals surface area contributed by atoms with Crippen molar-refractivity contribution in [1.29, 1.82) is 0 Å². The van der Waals surface area contributed by atoms with E-state index >= 15 is 0 Å². The molecule has 168 valence electrons. The number of fused-ring (bicyclic) bond motifs is 1. The molecule has 2 aromatic carbocycles. The first-order valence-corrected chi connectivity index (χ1v) is 15.0. The molecule has 4 heteroatoms. The standard InChI is InChI=1S/C28H34O3Si/c1-20-15-16-28(2,3)25-19-23(12-13-24(20)25)26(29)14-9-21-7-10-22(11-8-21)27(30)31-17-18-32(4,5)6/h7-15,19H,16-18H2,1-6H3/b14-9+. The van der Waals surface area contributed by atoms with Crippen molar-refractivity contribution in [3.63, 3.8) is 0 Å². The Labute approximate surface area is 193 Å². The van der Waals surface area contributed by atoms with Gasteiger partial charge in [-0.05, 0) is 71.3 Å². The summed E-state index contributed by atoms with van der Waals surface area (Å²) in [5, 5.41) is 0. The highest BCUT2D eigenvalue weighted by Crippen LogP contribution is 2.39. The maximum Gasteiger partial charge on any atom is 0.338 e. The molecule has 0 amide bonds. The predicted octanol–water partition coefficient (Wildman–Crippen LogP) is 7.16. The first-order chi connectivity index (χ1) is 15.0. The number of ether oxygens (including phenoxy) is 1. The molecule has 0 N–H and O–H groups in total. The van der Waals surface area contributed by atoms with Gasteiger partial charge in [0.2, 0.25) is 0 Å². The molecule has 3 rings (SSSR count). The van der Waals surface area contributed by atoms with E-state index in [-0.39, 0.29) is 17.2 Å². The molecule has 0 radical (unpaired) electrons. The minimum Gasteiger partial charge on any atom is -0.462 e. The molecule has 0 aliphatic heterocycles. The highest BCUT2D eigenvalue weighted by atomic mass is 28.3. The Morgan fingerprint density at radius 1 is 1.03 bits per heavy atom. The van der Waals surface area contributed by atoms with Crippen LogP contribution in [0.25, 0.3) is 11.6 Å². The molecule has 1 aliphatic rings. The van der Waals surface area contributed by atoms with Crippen LogP contribution in [0.2, 0.25) is 25.7 Å². The topological polar surface area (TPSA) is 43.4 Å². The lowest BCUT2D eigenvalue weighted by Gasteiger charge is -2.31. The van der Waals surface area contributed by atoms with E-state index in [1.165, 1.54) is 16.7 Å². The smallest absolute Gasteiger partial charge is 0.338 e. The summed E-state index contributed by atoms with van der Waals surface area (Å²) in [5.41, 5.74) is 5.86. The van der Waals surface area contributed by atoms with Crippen LogP contribution in [0.15, 0.2) is 54.6 Å². The van der Waals surface area contributed by atoms with Gasteiger partial charge in [0.1, 0.15) is 0 Å². The lowest BCUT2D eigenvalue weighted by Crippen LogP contribution is -2.22. The van der Waals surface area contributed by atoms with Crippen LogP contribution in [0.4, 0.5) is 0 Å². The molecule has 0 atom stereocenters. The first-order valence-electron chi connectivity index (χ1n) is 11.3. The highest BCUT2D eigenvalue weighted by molar-refractivity contribution is 6.76. The number of ketones is 1. The van der Waals surface area contributed by atoms with Crippen molar-refractivity contribution < 1.29 is 14.3 Å². The van der Waals surface area contributed by atoms with Gasteiger partial charge in [-0.15, -0.1) is 0 Å². The second-order valence-corrected chi connectivity index (χ2v) is 16.1. The van der Waals surface area contributed by atoms with Crippen LogP contribution in [0.3, 0.4) is 0 Å². The fourth-order valence-electron chi connectivity index (χ4n) is 3.76. The van der Waals surface area contributed by atoms with Crippen molar-refractivity contribution in [2.75, 3.05) is 6.61 Å².